The minimum atomic E-state index is -4.98. The van der Waals surface area contributed by atoms with Crippen molar-refractivity contribution in [3.05, 3.63) is 71.7 Å². The number of aromatic amines is 1. The van der Waals surface area contributed by atoms with Gasteiger partial charge in [0.25, 0.3) is 10.0 Å². The van der Waals surface area contributed by atoms with Crippen LogP contribution in [0.4, 0.5) is 34.9 Å². The van der Waals surface area contributed by atoms with E-state index in [1.54, 1.807) is 13.0 Å². The van der Waals surface area contributed by atoms with E-state index in [9.17, 15) is 26.0 Å². The molecule has 2 aromatic carbocycles. The summed E-state index contributed by atoms with van der Waals surface area (Å²) in [4.78, 5) is 0. The van der Waals surface area contributed by atoms with Gasteiger partial charge < -0.3 is 14.6 Å². The van der Waals surface area contributed by atoms with E-state index in [1.165, 1.54) is 62.4 Å². The highest BCUT2D eigenvalue weighted by atomic mass is 32.2. The average Bonchev–Trinajstić information content (AvgIpc) is 3.50. The van der Waals surface area contributed by atoms with Crippen molar-refractivity contribution in [3.8, 4) is 17.0 Å². The second-order valence-electron chi connectivity index (χ2n) is 8.77. The molecule has 4 rings (SSSR count). The highest BCUT2D eigenvalue weighted by Gasteiger charge is 2.26. The second kappa shape index (κ2) is 10.4. The van der Waals surface area contributed by atoms with Crippen molar-refractivity contribution in [2.45, 2.75) is 38.3 Å². The van der Waals surface area contributed by atoms with Gasteiger partial charge in [-0.15, -0.1) is 0 Å². The van der Waals surface area contributed by atoms with Crippen LogP contribution < -0.4 is 14.8 Å². The maximum Gasteiger partial charge on any atom is 0.355 e. The number of halogens is 4. The van der Waals surface area contributed by atoms with E-state index in [0.717, 1.165) is 0 Å². The third kappa shape index (κ3) is 6.25. The van der Waals surface area contributed by atoms with Crippen molar-refractivity contribution in [3.63, 3.8) is 0 Å². The topological polar surface area (TPSA) is 122 Å². The summed E-state index contributed by atoms with van der Waals surface area (Å²) in [6.07, 6.45) is -0.694. The molecule has 0 radical (unpaired) electrons. The normalized spacial score (nSPS) is 12.9. The molecule has 4 aromatic rings. The highest BCUT2D eigenvalue weighted by Crippen LogP contribution is 2.35. The Morgan fingerprint density at radius 2 is 1.76 bits per heavy atom. The summed E-state index contributed by atoms with van der Waals surface area (Å²) in [5.74, 6) is -3.62. The van der Waals surface area contributed by atoms with Gasteiger partial charge in [0, 0.05) is 17.7 Å². The van der Waals surface area contributed by atoms with Crippen molar-refractivity contribution >= 4 is 27.3 Å². The monoisotopic (exact) mass is 553 g/mol. The molecule has 0 bridgehead atoms. The van der Waals surface area contributed by atoms with E-state index >= 15 is 0 Å². The number of H-pyrrole nitrogens is 1. The number of rotatable bonds is 10. The summed E-state index contributed by atoms with van der Waals surface area (Å²) in [6.45, 7) is 4.28. The van der Waals surface area contributed by atoms with Gasteiger partial charge in [-0.05, 0) is 50.6 Å². The van der Waals surface area contributed by atoms with Crippen LogP contribution in [0, 0.1) is 5.82 Å². The highest BCUT2D eigenvalue weighted by molar-refractivity contribution is 7.93. The zero-order chi connectivity index (χ0) is 27.7. The Balaban J connectivity index is 1.62. The first kappa shape index (κ1) is 27.0. The SMILES string of the molecule is C[C@H](Oc1cc(-c2cc(Nc3cc(C(C)(C)F)on3)n[nH]2)ccc1NS(=O)(=O)C(F)F)c1ccc(F)cc1. The van der Waals surface area contributed by atoms with Crippen molar-refractivity contribution in [2.24, 2.45) is 0 Å². The number of anilines is 3. The molecule has 2 heterocycles. The third-order valence-corrected chi connectivity index (χ3v) is 6.33. The molecule has 0 aliphatic rings. The Morgan fingerprint density at radius 3 is 2.39 bits per heavy atom. The Kier molecular flexibility index (Phi) is 7.35. The molecule has 2 aromatic heterocycles. The fourth-order valence-corrected chi connectivity index (χ4v) is 3.91. The molecular formula is C24H23F4N5O4S. The van der Waals surface area contributed by atoms with Crippen molar-refractivity contribution in [2.75, 3.05) is 10.0 Å². The van der Waals surface area contributed by atoms with E-state index < -0.39 is 33.4 Å². The van der Waals surface area contributed by atoms with Gasteiger partial charge in [0.15, 0.2) is 23.1 Å². The molecule has 0 amide bonds. The minimum Gasteiger partial charge on any atom is -0.484 e. The first-order chi connectivity index (χ1) is 17.8. The number of aromatic nitrogens is 3. The van der Waals surface area contributed by atoms with Crippen LogP contribution in [0.15, 0.2) is 59.1 Å². The number of hydrogen-bond acceptors (Lipinski definition) is 7. The molecule has 0 fully saturated rings. The molecule has 202 valence electrons. The minimum absolute atomic E-state index is 0.0228. The molecule has 3 N–H and O–H groups in total. The Bertz CT molecular complexity index is 1520. The van der Waals surface area contributed by atoms with Crippen LogP contribution in [-0.2, 0) is 15.7 Å². The average molecular weight is 554 g/mol. The molecular weight excluding hydrogens is 530 g/mol. The van der Waals surface area contributed by atoms with Crippen LogP contribution in [0.1, 0.15) is 38.2 Å². The quantitative estimate of drug-likeness (QED) is 0.198. The van der Waals surface area contributed by atoms with E-state index in [4.69, 9.17) is 9.26 Å². The van der Waals surface area contributed by atoms with Gasteiger partial charge in [-0.2, -0.15) is 13.9 Å². The number of sulfonamides is 1. The van der Waals surface area contributed by atoms with Gasteiger partial charge in [-0.25, -0.2) is 17.2 Å². The number of alkyl halides is 3. The molecule has 0 saturated carbocycles. The number of nitrogens with zero attached hydrogens (tertiary/aromatic N) is 2. The summed E-state index contributed by atoms with van der Waals surface area (Å²) >= 11 is 0. The van der Waals surface area contributed by atoms with Crippen LogP contribution in [0.25, 0.3) is 11.3 Å². The van der Waals surface area contributed by atoms with Crippen LogP contribution in [0.3, 0.4) is 0 Å². The summed E-state index contributed by atoms with van der Waals surface area (Å²) in [5, 5.41) is 13.5. The fourth-order valence-electron chi connectivity index (χ4n) is 3.34. The van der Waals surface area contributed by atoms with Gasteiger partial charge >= 0.3 is 5.76 Å². The predicted molar refractivity (Wildman–Crippen MR) is 132 cm³/mol. The largest absolute Gasteiger partial charge is 0.484 e. The lowest BCUT2D eigenvalue weighted by Gasteiger charge is -2.19. The molecule has 1 atom stereocenters. The molecule has 0 spiro atoms. The van der Waals surface area contributed by atoms with E-state index in [-0.39, 0.29) is 23.0 Å². The van der Waals surface area contributed by atoms with Crippen molar-refractivity contribution < 1.29 is 35.2 Å². The molecule has 9 nitrogen and oxygen atoms in total. The number of hydrogen-bond donors (Lipinski definition) is 3. The van der Waals surface area contributed by atoms with E-state index in [2.05, 4.69) is 20.7 Å². The van der Waals surface area contributed by atoms with Gasteiger partial charge in [-0.3, -0.25) is 9.82 Å². The molecule has 0 unspecified atom stereocenters. The molecule has 0 saturated heterocycles. The maximum atomic E-state index is 14.0. The Morgan fingerprint density at radius 1 is 1.05 bits per heavy atom. The van der Waals surface area contributed by atoms with Gasteiger partial charge in [-0.1, -0.05) is 23.4 Å². The van der Waals surface area contributed by atoms with Crippen LogP contribution in [0.2, 0.25) is 0 Å². The second-order valence-corrected chi connectivity index (χ2v) is 10.4. The van der Waals surface area contributed by atoms with Gasteiger partial charge in [0.1, 0.15) is 17.7 Å². The lowest BCUT2D eigenvalue weighted by molar-refractivity contribution is 0.163. The van der Waals surface area contributed by atoms with E-state index in [1.807, 2.05) is 4.72 Å². The van der Waals surface area contributed by atoms with Crippen LogP contribution in [-0.4, -0.2) is 29.5 Å². The third-order valence-electron chi connectivity index (χ3n) is 5.35. The van der Waals surface area contributed by atoms with Crippen LogP contribution >= 0.6 is 0 Å². The summed E-state index contributed by atoms with van der Waals surface area (Å²) in [6, 6.07) is 12.6. The lowest BCUT2D eigenvalue weighted by Crippen LogP contribution is -2.21. The van der Waals surface area contributed by atoms with Gasteiger partial charge in [0.2, 0.25) is 0 Å². The molecule has 14 heteroatoms. The zero-order valence-electron chi connectivity index (χ0n) is 20.3. The van der Waals surface area contributed by atoms with Crippen molar-refractivity contribution in [1.29, 1.82) is 0 Å². The first-order valence-corrected chi connectivity index (χ1v) is 12.7. The number of ether oxygens (including phenoxy) is 1. The first-order valence-electron chi connectivity index (χ1n) is 11.2. The summed E-state index contributed by atoms with van der Waals surface area (Å²) < 4.78 is 89.7. The van der Waals surface area contributed by atoms with Crippen LogP contribution in [0.5, 0.6) is 5.75 Å². The number of nitrogens with one attached hydrogen (secondary N) is 3. The lowest BCUT2D eigenvalue weighted by atomic mass is 10.1. The summed E-state index contributed by atoms with van der Waals surface area (Å²) in [7, 11) is -4.98. The van der Waals surface area contributed by atoms with E-state index in [0.29, 0.717) is 22.6 Å². The zero-order valence-corrected chi connectivity index (χ0v) is 21.1. The predicted octanol–water partition coefficient (Wildman–Crippen LogP) is 6.26. The molecule has 0 aliphatic carbocycles. The molecule has 38 heavy (non-hydrogen) atoms. The molecule has 0 aliphatic heterocycles. The standard InChI is InChI=1S/C24H23F4N5O4S/c1-13(14-4-7-16(25)8-5-14)36-19-10-15(6-9-17(19)33-38(34,35)23(26)27)18-11-21(31-30-18)29-22-12-20(37-32-22)24(2,3)28/h4-13,23,33H,1-3H3,(H2,29,30,31,32)/t13-/m0/s1. The number of benzene rings is 2. The Labute approximate surface area is 215 Å². The Hall–Kier alpha value is -4.07. The fraction of sp³-hybridized carbons (Fsp3) is 0.250. The maximum absolute atomic E-state index is 14.0. The summed E-state index contributed by atoms with van der Waals surface area (Å²) in [5.41, 5.74) is -0.457. The van der Waals surface area contributed by atoms with Crippen molar-refractivity contribution in [1.82, 2.24) is 15.4 Å². The smallest absolute Gasteiger partial charge is 0.355 e. The van der Waals surface area contributed by atoms with Gasteiger partial charge in [0.05, 0.1) is 11.4 Å².